The minimum absolute atomic E-state index is 0.145. The summed E-state index contributed by atoms with van der Waals surface area (Å²) in [6, 6.07) is 0. The average molecular weight is 1410 g/mol. The second-order valence-electron chi connectivity index (χ2n) is 29.4. The molecule has 0 rings (SSSR count). The third kappa shape index (κ3) is 82.6. The van der Waals surface area contributed by atoms with E-state index in [0.29, 0.717) is 23.9 Å². The number of quaternary nitrogens is 1. The molecule has 101 heavy (non-hydrogen) atoms. The molecule has 0 heterocycles. The number of allylic oxidation sites excluding steroid dienone is 22. The van der Waals surface area contributed by atoms with E-state index in [4.69, 9.17) is 18.9 Å². The summed E-state index contributed by atoms with van der Waals surface area (Å²) in [4.78, 5) is 37.7. The van der Waals surface area contributed by atoms with E-state index in [2.05, 4.69) is 148 Å². The van der Waals surface area contributed by atoms with Gasteiger partial charge in [-0.3, -0.25) is 9.59 Å². The molecule has 0 aliphatic rings. The molecule has 0 spiro atoms. The number of carboxylic acids is 1. The van der Waals surface area contributed by atoms with Crippen molar-refractivity contribution < 1.29 is 42.9 Å². The standard InChI is InChI=1S/C92H159NO8/c1-6-8-10-12-14-16-18-20-22-24-26-28-30-32-34-36-38-40-42-43-44-45-46-47-49-51-53-55-57-59-61-63-65-67-69-71-73-75-77-79-81-83-90(95)101-88(87-100-92(91(96)97)98-85-84-93(3,4)5)86-99-89(94)82-80-78-76-74-72-70-68-66-64-62-60-58-56-54-52-50-48-41-39-37-35-33-31-29-27-25-23-21-19-17-15-13-11-9-7-2/h8,10,14,16,19-22,25-28,32,34,38,40,43-44,46-47,51,53,88,92H,6-7,9,11-13,15,17-18,23-24,29-31,33,35-37,39,41-42,45,48-50,52,54-87H2,1-5H3/b10-8-,16-14-,21-19-,22-20-,27-25-,28-26-,34-32-,40-38-,44-43-,47-46-,53-51-. The number of rotatable bonds is 78. The van der Waals surface area contributed by atoms with Gasteiger partial charge in [0.15, 0.2) is 12.4 Å². The first-order chi connectivity index (χ1) is 49.6. The summed E-state index contributed by atoms with van der Waals surface area (Å²) in [5, 5.41) is 11.9. The van der Waals surface area contributed by atoms with Crippen molar-refractivity contribution in [2.45, 2.75) is 386 Å². The fraction of sp³-hybridized carbons (Fsp3) is 0.728. The van der Waals surface area contributed by atoms with E-state index >= 15 is 0 Å². The summed E-state index contributed by atoms with van der Waals surface area (Å²) in [7, 11) is 5.94. The Hall–Kier alpha value is -4.57. The van der Waals surface area contributed by atoms with E-state index in [1.54, 1.807) is 0 Å². The van der Waals surface area contributed by atoms with Crippen molar-refractivity contribution in [2.24, 2.45) is 0 Å². The monoisotopic (exact) mass is 1410 g/mol. The van der Waals surface area contributed by atoms with Crippen LogP contribution in [0.2, 0.25) is 0 Å². The van der Waals surface area contributed by atoms with Gasteiger partial charge in [0.2, 0.25) is 0 Å². The lowest BCUT2D eigenvalue weighted by Crippen LogP contribution is -2.44. The first-order valence-corrected chi connectivity index (χ1v) is 42.3. The van der Waals surface area contributed by atoms with Gasteiger partial charge in [0.05, 0.1) is 40.3 Å². The number of nitrogens with zero attached hydrogens (tertiary/aromatic N) is 1. The molecular formula is C92H159NO8. The van der Waals surface area contributed by atoms with Gasteiger partial charge in [-0.1, -0.05) is 379 Å². The number of esters is 2. The van der Waals surface area contributed by atoms with Gasteiger partial charge in [0, 0.05) is 12.8 Å². The van der Waals surface area contributed by atoms with Crippen molar-refractivity contribution in [3.05, 3.63) is 134 Å². The van der Waals surface area contributed by atoms with E-state index < -0.39 is 24.3 Å². The summed E-state index contributed by atoms with van der Waals surface area (Å²) < 4.78 is 22.9. The fourth-order valence-electron chi connectivity index (χ4n) is 12.0. The van der Waals surface area contributed by atoms with Crippen LogP contribution in [-0.2, 0) is 33.3 Å². The number of likely N-dealkylation sites (N-methyl/N-ethyl adjacent to an activating group) is 1. The van der Waals surface area contributed by atoms with Gasteiger partial charge in [0.1, 0.15) is 13.2 Å². The molecule has 0 amide bonds. The highest BCUT2D eigenvalue weighted by molar-refractivity contribution is 5.70. The Kier molecular flexibility index (Phi) is 77.4. The number of carboxylic acid groups (broad SMARTS) is 1. The lowest BCUT2D eigenvalue weighted by Gasteiger charge is -2.26. The maximum atomic E-state index is 13.0. The van der Waals surface area contributed by atoms with Gasteiger partial charge in [0.25, 0.3) is 0 Å². The zero-order valence-electron chi connectivity index (χ0n) is 66.5. The minimum Gasteiger partial charge on any atom is -0.545 e. The van der Waals surface area contributed by atoms with Crippen LogP contribution >= 0.6 is 0 Å². The summed E-state index contributed by atoms with van der Waals surface area (Å²) in [6.45, 7) is 4.66. The highest BCUT2D eigenvalue weighted by Crippen LogP contribution is 2.19. The molecule has 0 aromatic carbocycles. The predicted molar refractivity (Wildman–Crippen MR) is 435 cm³/mol. The minimum atomic E-state index is -1.63. The van der Waals surface area contributed by atoms with Crippen LogP contribution in [0.4, 0.5) is 0 Å². The van der Waals surface area contributed by atoms with Gasteiger partial charge in [-0.05, 0) is 116 Å². The molecule has 0 aliphatic heterocycles. The summed E-state index contributed by atoms with van der Waals surface area (Å²) in [5.41, 5.74) is 0. The van der Waals surface area contributed by atoms with Crippen molar-refractivity contribution in [3.63, 3.8) is 0 Å². The molecule has 9 nitrogen and oxygen atoms in total. The van der Waals surface area contributed by atoms with Crippen LogP contribution in [0.15, 0.2) is 134 Å². The second-order valence-corrected chi connectivity index (χ2v) is 29.4. The number of hydrogen-bond acceptors (Lipinski definition) is 8. The Morgan fingerprint density at radius 1 is 0.307 bits per heavy atom. The smallest absolute Gasteiger partial charge is 0.306 e. The largest absolute Gasteiger partial charge is 0.545 e. The van der Waals surface area contributed by atoms with Crippen LogP contribution in [0.25, 0.3) is 0 Å². The molecule has 580 valence electrons. The average Bonchev–Trinajstić information content (AvgIpc) is 1.21. The number of aliphatic carboxylic acids is 1. The topological polar surface area (TPSA) is 111 Å². The summed E-state index contributed by atoms with van der Waals surface area (Å²) in [5.74, 6) is -2.27. The molecular weight excluding hydrogens is 1250 g/mol. The number of unbranched alkanes of at least 4 members (excludes halogenated alkanes) is 41. The van der Waals surface area contributed by atoms with Gasteiger partial charge < -0.3 is 33.3 Å². The van der Waals surface area contributed by atoms with E-state index in [0.717, 1.165) is 103 Å². The second kappa shape index (κ2) is 81.1. The van der Waals surface area contributed by atoms with Gasteiger partial charge in [-0.25, -0.2) is 0 Å². The quantitative estimate of drug-likeness (QED) is 0.0195. The van der Waals surface area contributed by atoms with E-state index in [1.165, 1.54) is 238 Å². The third-order valence-corrected chi connectivity index (χ3v) is 18.4. The van der Waals surface area contributed by atoms with Crippen LogP contribution in [-0.4, -0.2) is 82.3 Å². The molecule has 9 heteroatoms. The Labute approximate surface area is 624 Å². The molecule has 0 saturated heterocycles. The van der Waals surface area contributed by atoms with E-state index in [-0.39, 0.29) is 32.2 Å². The number of carbonyl (C=O) groups excluding carboxylic acids is 3. The normalized spacial score (nSPS) is 13.3. The molecule has 2 unspecified atom stereocenters. The van der Waals surface area contributed by atoms with Crippen LogP contribution in [0.3, 0.4) is 0 Å². The van der Waals surface area contributed by atoms with Gasteiger partial charge in [-0.2, -0.15) is 0 Å². The van der Waals surface area contributed by atoms with Crippen molar-refractivity contribution in [3.8, 4) is 0 Å². The maximum Gasteiger partial charge on any atom is 0.306 e. The lowest BCUT2D eigenvalue weighted by molar-refractivity contribution is -0.870. The lowest BCUT2D eigenvalue weighted by atomic mass is 10.0. The molecule has 0 aromatic rings. The van der Waals surface area contributed by atoms with Gasteiger partial charge >= 0.3 is 11.9 Å². The number of ether oxygens (including phenoxy) is 4. The summed E-state index contributed by atoms with van der Waals surface area (Å²) in [6.07, 6.45) is 114. The van der Waals surface area contributed by atoms with Crippen molar-refractivity contribution >= 4 is 17.9 Å². The van der Waals surface area contributed by atoms with Crippen molar-refractivity contribution in [1.29, 1.82) is 0 Å². The SMILES string of the molecule is CC/C=C\C/C=C\C/C=C\C/C=C\C/C=C\C/C=C\C/C=C\C/C=C\C/C=C\CCCCCCCCCCCCCCCC(=O)OC(COC(=O)CCCCCCCCCCCCCCCCCCCCCCCCC/C=C\C/C=C\CCCCCCC)COC(OCC[N+](C)(C)C)C(=O)[O-]. The van der Waals surface area contributed by atoms with Crippen molar-refractivity contribution in [2.75, 3.05) is 47.5 Å². The molecule has 0 saturated carbocycles. The highest BCUT2D eigenvalue weighted by Gasteiger charge is 2.22. The molecule has 2 atom stereocenters. The highest BCUT2D eigenvalue weighted by atomic mass is 16.7. The molecule has 0 radical (unpaired) electrons. The Morgan fingerprint density at radius 3 is 0.842 bits per heavy atom. The van der Waals surface area contributed by atoms with Gasteiger partial charge in [-0.15, -0.1) is 0 Å². The van der Waals surface area contributed by atoms with Crippen LogP contribution < -0.4 is 5.11 Å². The van der Waals surface area contributed by atoms with Crippen molar-refractivity contribution in [1.82, 2.24) is 0 Å². The molecule has 0 N–H and O–H groups in total. The van der Waals surface area contributed by atoms with E-state index in [1.807, 2.05) is 21.1 Å². The maximum absolute atomic E-state index is 13.0. The zero-order chi connectivity index (χ0) is 73.2. The van der Waals surface area contributed by atoms with Crippen LogP contribution in [0, 0.1) is 0 Å². The zero-order valence-corrected chi connectivity index (χ0v) is 66.5. The van der Waals surface area contributed by atoms with Crippen LogP contribution in [0.1, 0.15) is 373 Å². The number of hydrogen-bond donors (Lipinski definition) is 0. The molecule has 0 aromatic heterocycles. The first kappa shape index (κ1) is 96.4. The fourth-order valence-corrected chi connectivity index (χ4v) is 12.0. The first-order valence-electron chi connectivity index (χ1n) is 42.3. The molecule has 0 aliphatic carbocycles. The molecule has 0 fully saturated rings. The summed E-state index contributed by atoms with van der Waals surface area (Å²) >= 11 is 0. The number of carbonyl (C=O) groups is 3. The Morgan fingerprint density at radius 2 is 0.564 bits per heavy atom. The Bertz CT molecular complexity index is 2130. The van der Waals surface area contributed by atoms with Crippen LogP contribution in [0.5, 0.6) is 0 Å². The predicted octanol–water partition coefficient (Wildman–Crippen LogP) is 26.3. The molecule has 0 bridgehead atoms. The van der Waals surface area contributed by atoms with E-state index in [9.17, 15) is 19.5 Å². The Balaban J connectivity index is 4.02. The third-order valence-electron chi connectivity index (χ3n) is 18.4.